The molecular weight excluding hydrogens is 658 g/mol. The lowest BCUT2D eigenvalue weighted by molar-refractivity contribution is -0.142. The Balaban J connectivity index is 1.39. The van der Waals surface area contributed by atoms with Crippen LogP contribution < -0.4 is 21.3 Å². The first-order chi connectivity index (χ1) is 24.0. The summed E-state index contributed by atoms with van der Waals surface area (Å²) in [5, 5.41) is 10.5. The number of anilines is 1. The van der Waals surface area contributed by atoms with Gasteiger partial charge in [-0.2, -0.15) is 0 Å². The van der Waals surface area contributed by atoms with Gasteiger partial charge in [-0.15, -0.1) is 0 Å². The summed E-state index contributed by atoms with van der Waals surface area (Å²) in [5.41, 5.74) is 1.27. The molecule has 0 fully saturated rings. The first-order valence-corrected chi connectivity index (χ1v) is 16.2. The summed E-state index contributed by atoms with van der Waals surface area (Å²) in [6.45, 7) is 7.13. The molecule has 2 rings (SSSR count). The predicted octanol–water partition coefficient (Wildman–Crippen LogP) is -0.415. The highest BCUT2D eigenvalue weighted by atomic mass is 16.6. The van der Waals surface area contributed by atoms with E-state index in [9.17, 15) is 33.6 Å². The lowest BCUT2D eigenvalue weighted by Crippen LogP contribution is -2.50. The number of rotatable bonds is 25. The van der Waals surface area contributed by atoms with Crippen LogP contribution in [0, 0.1) is 0 Å². The van der Waals surface area contributed by atoms with Crippen molar-refractivity contribution in [2.75, 3.05) is 71.3 Å². The second-order valence-electron chi connectivity index (χ2n) is 10.9. The van der Waals surface area contributed by atoms with Gasteiger partial charge in [-0.3, -0.25) is 38.5 Å². The number of nitrogens with zero attached hydrogens (tertiary/aromatic N) is 1. The largest absolute Gasteiger partial charge is 0.461 e. The summed E-state index contributed by atoms with van der Waals surface area (Å²) in [4.78, 5) is 83.8. The van der Waals surface area contributed by atoms with Crippen molar-refractivity contribution in [1.29, 1.82) is 0 Å². The maximum Gasteiger partial charge on any atom is 0.302 e. The molecule has 4 N–H and O–H groups in total. The van der Waals surface area contributed by atoms with Gasteiger partial charge in [0, 0.05) is 50.7 Å². The molecule has 0 unspecified atom stereocenters. The molecule has 1 aromatic rings. The molecule has 1 aliphatic rings. The summed E-state index contributed by atoms with van der Waals surface area (Å²) < 4.78 is 26.5. The number of imide groups is 1. The van der Waals surface area contributed by atoms with Crippen LogP contribution in [0.5, 0.6) is 0 Å². The standard InChI is InChI=1S/C33H47N5O12/c1-23(32(44)36-24(2)33(45)37-27-6-4-26(5-7-27)22-50-25(3)39)35-29(41)11-14-46-16-18-48-20-21-49-19-17-47-15-12-34-28(40)10-13-38-30(42)8-9-31(38)43/h4-9,23-24H,10-22H2,1-3H3,(H,34,40)(H,35,41)(H,36,44)(H,37,45)/t23-,24-/m0/s1. The number of hydrogen-bond donors (Lipinski definition) is 4. The molecule has 0 saturated heterocycles. The van der Waals surface area contributed by atoms with Crippen LogP contribution in [0.2, 0.25) is 0 Å². The highest BCUT2D eigenvalue weighted by molar-refractivity contribution is 6.13. The van der Waals surface area contributed by atoms with Crippen LogP contribution in [-0.4, -0.2) is 124 Å². The molecule has 17 heteroatoms. The van der Waals surface area contributed by atoms with Crippen LogP contribution in [0.1, 0.15) is 39.2 Å². The average molecular weight is 706 g/mol. The van der Waals surface area contributed by atoms with Gasteiger partial charge in [0.2, 0.25) is 23.6 Å². The third kappa shape index (κ3) is 17.6. The van der Waals surface area contributed by atoms with Gasteiger partial charge in [0.25, 0.3) is 11.8 Å². The first kappa shape index (κ1) is 41.5. The molecule has 0 spiro atoms. The van der Waals surface area contributed by atoms with Crippen molar-refractivity contribution in [3.63, 3.8) is 0 Å². The molecular formula is C33H47N5O12. The van der Waals surface area contributed by atoms with Crippen molar-refractivity contribution in [2.24, 2.45) is 0 Å². The number of carbonyl (C=O) groups excluding carboxylic acids is 7. The molecule has 0 aromatic heterocycles. The van der Waals surface area contributed by atoms with Crippen LogP contribution in [0.4, 0.5) is 5.69 Å². The van der Waals surface area contributed by atoms with Gasteiger partial charge < -0.3 is 45.0 Å². The summed E-state index contributed by atoms with van der Waals surface area (Å²) in [6.07, 6.45) is 2.40. The van der Waals surface area contributed by atoms with Crippen molar-refractivity contribution in [1.82, 2.24) is 20.9 Å². The first-order valence-electron chi connectivity index (χ1n) is 16.2. The third-order valence-corrected chi connectivity index (χ3v) is 6.81. The van der Waals surface area contributed by atoms with Gasteiger partial charge in [0.05, 0.1) is 52.9 Å². The Kier molecular flexibility index (Phi) is 19.6. The molecule has 50 heavy (non-hydrogen) atoms. The summed E-state index contributed by atoms with van der Waals surface area (Å²) >= 11 is 0. The van der Waals surface area contributed by atoms with E-state index >= 15 is 0 Å². The van der Waals surface area contributed by atoms with Gasteiger partial charge >= 0.3 is 5.97 Å². The van der Waals surface area contributed by atoms with E-state index in [2.05, 4.69) is 21.3 Å². The Morgan fingerprint density at radius 3 is 1.80 bits per heavy atom. The van der Waals surface area contributed by atoms with Gasteiger partial charge in [0.15, 0.2) is 0 Å². The summed E-state index contributed by atoms with van der Waals surface area (Å²) in [6, 6.07) is 4.98. The number of nitrogens with one attached hydrogen (secondary N) is 4. The molecule has 1 aliphatic heterocycles. The molecule has 0 saturated carbocycles. The van der Waals surface area contributed by atoms with E-state index < -0.39 is 41.7 Å². The maximum atomic E-state index is 12.5. The number of esters is 1. The third-order valence-electron chi connectivity index (χ3n) is 6.81. The van der Waals surface area contributed by atoms with Gasteiger partial charge in [-0.25, -0.2) is 0 Å². The fraction of sp³-hybridized carbons (Fsp3) is 0.545. The summed E-state index contributed by atoms with van der Waals surface area (Å²) in [5.74, 6) is -2.87. The fourth-order valence-electron chi connectivity index (χ4n) is 4.05. The molecule has 1 heterocycles. The Hall–Kier alpha value is -4.71. The van der Waals surface area contributed by atoms with E-state index in [4.69, 9.17) is 23.7 Å². The SMILES string of the molecule is CC(=O)OCc1ccc(NC(=O)[C@H](C)NC(=O)[C@H](C)NC(=O)CCOCCOCCOCCOCCNC(=O)CCN2C(=O)C=CC2=O)cc1. The monoisotopic (exact) mass is 705 g/mol. The van der Waals surface area contributed by atoms with E-state index in [1.54, 1.807) is 24.3 Å². The topological polar surface area (TPSA) is 217 Å². The van der Waals surface area contributed by atoms with Crippen LogP contribution >= 0.6 is 0 Å². The predicted molar refractivity (Wildman–Crippen MR) is 177 cm³/mol. The molecule has 2 atom stereocenters. The minimum Gasteiger partial charge on any atom is -0.461 e. The zero-order chi connectivity index (χ0) is 36.7. The van der Waals surface area contributed by atoms with E-state index in [1.165, 1.54) is 32.9 Å². The van der Waals surface area contributed by atoms with E-state index in [0.29, 0.717) is 38.7 Å². The minimum absolute atomic E-state index is 0.0216. The van der Waals surface area contributed by atoms with Crippen molar-refractivity contribution >= 4 is 47.1 Å². The Bertz CT molecular complexity index is 1300. The van der Waals surface area contributed by atoms with Crippen molar-refractivity contribution in [2.45, 2.75) is 52.3 Å². The molecule has 17 nitrogen and oxygen atoms in total. The number of hydrogen-bond acceptors (Lipinski definition) is 12. The smallest absolute Gasteiger partial charge is 0.302 e. The van der Waals surface area contributed by atoms with Gasteiger partial charge in [-0.1, -0.05) is 12.1 Å². The maximum absolute atomic E-state index is 12.5. The van der Waals surface area contributed by atoms with Gasteiger partial charge in [-0.05, 0) is 31.5 Å². The zero-order valence-electron chi connectivity index (χ0n) is 28.7. The van der Waals surface area contributed by atoms with Crippen molar-refractivity contribution in [3.8, 4) is 0 Å². The molecule has 0 radical (unpaired) electrons. The van der Waals surface area contributed by atoms with Crippen LogP contribution in [0.3, 0.4) is 0 Å². The number of benzene rings is 1. The van der Waals surface area contributed by atoms with E-state index in [0.717, 1.165) is 10.5 Å². The number of carbonyl (C=O) groups is 7. The second-order valence-corrected chi connectivity index (χ2v) is 10.9. The normalized spacial score (nSPS) is 13.5. The highest BCUT2D eigenvalue weighted by Gasteiger charge is 2.23. The fourth-order valence-corrected chi connectivity index (χ4v) is 4.05. The average Bonchev–Trinajstić information content (AvgIpc) is 3.40. The molecule has 1 aromatic carbocycles. The Morgan fingerprint density at radius 1 is 0.680 bits per heavy atom. The van der Waals surface area contributed by atoms with Crippen LogP contribution in [0.15, 0.2) is 36.4 Å². The highest BCUT2D eigenvalue weighted by Crippen LogP contribution is 2.11. The molecule has 0 bridgehead atoms. The zero-order valence-corrected chi connectivity index (χ0v) is 28.7. The quantitative estimate of drug-likeness (QED) is 0.0580. The van der Waals surface area contributed by atoms with Gasteiger partial charge in [0.1, 0.15) is 18.7 Å². The van der Waals surface area contributed by atoms with Crippen molar-refractivity contribution < 1.29 is 57.2 Å². The molecule has 6 amide bonds. The lowest BCUT2D eigenvalue weighted by Gasteiger charge is -2.18. The Labute approximate surface area is 290 Å². The minimum atomic E-state index is -0.872. The van der Waals surface area contributed by atoms with E-state index in [1.807, 2.05) is 0 Å². The van der Waals surface area contributed by atoms with Crippen LogP contribution in [0.25, 0.3) is 0 Å². The second kappa shape index (κ2) is 23.6. The van der Waals surface area contributed by atoms with Crippen molar-refractivity contribution in [3.05, 3.63) is 42.0 Å². The lowest BCUT2D eigenvalue weighted by atomic mass is 10.2. The summed E-state index contributed by atoms with van der Waals surface area (Å²) in [7, 11) is 0. The van der Waals surface area contributed by atoms with Crippen LogP contribution in [-0.2, 0) is 63.9 Å². The Morgan fingerprint density at radius 2 is 1.22 bits per heavy atom. The molecule has 276 valence electrons. The number of amides is 6. The number of ether oxygens (including phenoxy) is 5. The molecule has 0 aliphatic carbocycles. The van der Waals surface area contributed by atoms with E-state index in [-0.39, 0.29) is 64.2 Å².